The quantitative estimate of drug-likeness (QED) is 0.731. The maximum atomic E-state index is 13.5. The number of ether oxygens (including phenoxy) is 2. The minimum absolute atomic E-state index is 0.307. The Labute approximate surface area is 166 Å². The van der Waals surface area contributed by atoms with Crippen LogP contribution in [0.25, 0.3) is 0 Å². The highest BCUT2D eigenvalue weighted by atomic mass is 16.5. The van der Waals surface area contributed by atoms with Crippen LogP contribution in [-0.2, 0) is 0 Å². The second kappa shape index (κ2) is 8.78. The van der Waals surface area contributed by atoms with Gasteiger partial charge in [-0.25, -0.2) is 10.0 Å². The van der Waals surface area contributed by atoms with E-state index in [1.807, 2.05) is 27.7 Å². The summed E-state index contributed by atoms with van der Waals surface area (Å²) in [6, 6.07) is 14.0. The first-order chi connectivity index (χ1) is 13.3. The lowest BCUT2D eigenvalue weighted by molar-refractivity contribution is -0.0413. The van der Waals surface area contributed by atoms with E-state index in [0.717, 1.165) is 0 Å². The number of amides is 2. The van der Waals surface area contributed by atoms with Crippen LogP contribution >= 0.6 is 0 Å². The number of hydrazine groups is 1. The van der Waals surface area contributed by atoms with Crippen molar-refractivity contribution in [1.29, 1.82) is 0 Å². The van der Waals surface area contributed by atoms with Crippen LogP contribution in [0.15, 0.2) is 48.5 Å². The zero-order valence-corrected chi connectivity index (χ0v) is 17.4. The molecule has 0 unspecified atom stereocenters. The molecule has 6 nitrogen and oxygen atoms in total. The topological polar surface area (TPSA) is 59.1 Å². The summed E-state index contributed by atoms with van der Waals surface area (Å²) >= 11 is 0. The van der Waals surface area contributed by atoms with Crippen molar-refractivity contribution in [2.75, 3.05) is 20.8 Å². The van der Waals surface area contributed by atoms with Crippen LogP contribution in [0, 0.1) is 0 Å². The molecule has 150 valence electrons. The van der Waals surface area contributed by atoms with Crippen molar-refractivity contribution in [3.8, 4) is 11.5 Å². The zero-order chi connectivity index (χ0) is 20.9. The van der Waals surface area contributed by atoms with Crippen LogP contribution in [0.2, 0.25) is 0 Å². The van der Waals surface area contributed by atoms with Crippen LogP contribution in [0.5, 0.6) is 11.5 Å². The maximum absolute atomic E-state index is 13.5. The van der Waals surface area contributed by atoms with Crippen LogP contribution in [0.3, 0.4) is 0 Å². The molecular weight excluding hydrogens is 356 g/mol. The zero-order valence-electron chi connectivity index (χ0n) is 17.4. The van der Waals surface area contributed by atoms with Gasteiger partial charge in [0.2, 0.25) is 0 Å². The van der Waals surface area contributed by atoms with Crippen molar-refractivity contribution in [3.63, 3.8) is 0 Å². The van der Waals surface area contributed by atoms with Crippen LogP contribution < -0.4 is 9.47 Å². The molecule has 0 aromatic heterocycles. The van der Waals surface area contributed by atoms with Crippen LogP contribution in [0.4, 0.5) is 0 Å². The fraction of sp³-hybridized carbons (Fsp3) is 0.364. The van der Waals surface area contributed by atoms with Crippen molar-refractivity contribution in [2.45, 2.75) is 33.2 Å². The Morgan fingerprint density at radius 3 is 1.64 bits per heavy atom. The van der Waals surface area contributed by atoms with E-state index in [-0.39, 0.29) is 11.8 Å². The van der Waals surface area contributed by atoms with Crippen LogP contribution in [-0.4, -0.2) is 48.1 Å². The average molecular weight is 384 g/mol. The van der Waals surface area contributed by atoms with E-state index in [1.54, 1.807) is 48.5 Å². The SMILES string of the molecule is CCN(C(=O)c1ccccc1OC)N(C(=O)c1ccccc1OC)C(C)(C)C. The van der Waals surface area contributed by atoms with E-state index < -0.39 is 5.54 Å². The van der Waals surface area contributed by atoms with Crippen molar-refractivity contribution < 1.29 is 19.1 Å². The summed E-state index contributed by atoms with van der Waals surface area (Å²) in [6.07, 6.45) is 0. The third kappa shape index (κ3) is 4.27. The number of hydrogen-bond acceptors (Lipinski definition) is 4. The lowest BCUT2D eigenvalue weighted by Gasteiger charge is -2.43. The standard InChI is InChI=1S/C22H28N2O4/c1-7-23(20(25)16-12-8-10-14-18(16)27-5)24(22(2,3)4)21(26)17-13-9-11-15-19(17)28-6/h8-15H,7H2,1-6H3. The second-order valence-electron chi connectivity index (χ2n) is 7.21. The molecule has 0 aliphatic carbocycles. The first-order valence-electron chi connectivity index (χ1n) is 9.18. The number of rotatable bonds is 5. The fourth-order valence-corrected chi connectivity index (χ4v) is 3.05. The van der Waals surface area contributed by atoms with Gasteiger partial charge in [0, 0.05) is 6.54 Å². The monoisotopic (exact) mass is 384 g/mol. The number of carbonyl (C=O) groups is 2. The summed E-state index contributed by atoms with van der Waals surface area (Å²) in [5.41, 5.74) is 0.145. The molecule has 0 N–H and O–H groups in total. The fourth-order valence-electron chi connectivity index (χ4n) is 3.05. The van der Waals surface area contributed by atoms with Gasteiger partial charge < -0.3 is 9.47 Å². The summed E-state index contributed by atoms with van der Waals surface area (Å²) in [5, 5.41) is 2.94. The Morgan fingerprint density at radius 2 is 1.25 bits per heavy atom. The largest absolute Gasteiger partial charge is 0.496 e. The molecule has 0 saturated carbocycles. The highest BCUT2D eigenvalue weighted by Gasteiger charge is 2.36. The summed E-state index contributed by atoms with van der Waals surface area (Å²) in [7, 11) is 3.04. The van der Waals surface area contributed by atoms with Crippen molar-refractivity contribution in [3.05, 3.63) is 59.7 Å². The molecule has 0 atom stereocenters. The molecule has 2 aromatic rings. The molecule has 0 heterocycles. The van der Waals surface area contributed by atoms with Crippen molar-refractivity contribution in [1.82, 2.24) is 10.0 Å². The first-order valence-corrected chi connectivity index (χ1v) is 9.18. The van der Waals surface area contributed by atoms with E-state index in [2.05, 4.69) is 0 Å². The molecule has 0 saturated heterocycles. The Balaban J connectivity index is 2.54. The van der Waals surface area contributed by atoms with Gasteiger partial charge in [-0.3, -0.25) is 9.59 Å². The Kier molecular flexibility index (Phi) is 6.67. The highest BCUT2D eigenvalue weighted by molar-refractivity contribution is 6.02. The summed E-state index contributed by atoms with van der Waals surface area (Å²) < 4.78 is 10.7. The first kappa shape index (κ1) is 21.3. The summed E-state index contributed by atoms with van der Waals surface area (Å²) in [5.74, 6) is 0.306. The molecule has 2 rings (SSSR count). The minimum atomic E-state index is -0.647. The van der Waals surface area contributed by atoms with Gasteiger partial charge in [-0.1, -0.05) is 24.3 Å². The highest BCUT2D eigenvalue weighted by Crippen LogP contribution is 2.28. The number of para-hydroxylation sites is 2. The number of nitrogens with zero attached hydrogens (tertiary/aromatic N) is 2. The van der Waals surface area contributed by atoms with Gasteiger partial charge >= 0.3 is 0 Å². The van der Waals surface area contributed by atoms with Crippen LogP contribution in [0.1, 0.15) is 48.4 Å². The molecular formula is C22H28N2O4. The third-order valence-electron chi connectivity index (χ3n) is 4.28. The van der Waals surface area contributed by atoms with E-state index >= 15 is 0 Å². The van der Waals surface area contributed by atoms with Crippen molar-refractivity contribution in [2.24, 2.45) is 0 Å². The summed E-state index contributed by atoms with van der Waals surface area (Å²) in [6.45, 7) is 7.81. The third-order valence-corrected chi connectivity index (χ3v) is 4.28. The van der Waals surface area contributed by atoms with Gasteiger partial charge in [0.25, 0.3) is 11.8 Å². The normalized spacial score (nSPS) is 10.9. The molecule has 0 spiro atoms. The molecule has 28 heavy (non-hydrogen) atoms. The maximum Gasteiger partial charge on any atom is 0.276 e. The number of hydrogen-bond donors (Lipinski definition) is 0. The van der Waals surface area contributed by atoms with Gasteiger partial charge in [-0.15, -0.1) is 0 Å². The Hall–Kier alpha value is -3.02. The van der Waals surface area contributed by atoms with E-state index in [1.165, 1.54) is 24.2 Å². The number of methoxy groups -OCH3 is 2. The lowest BCUT2D eigenvalue weighted by atomic mass is 10.0. The molecule has 0 radical (unpaired) electrons. The van der Waals surface area contributed by atoms with Gasteiger partial charge in [-0.2, -0.15) is 0 Å². The van der Waals surface area contributed by atoms with E-state index in [9.17, 15) is 9.59 Å². The molecule has 2 amide bonds. The molecule has 2 aromatic carbocycles. The molecule has 6 heteroatoms. The van der Waals surface area contributed by atoms with Gasteiger partial charge in [0.05, 0.1) is 30.9 Å². The smallest absolute Gasteiger partial charge is 0.276 e. The predicted molar refractivity (Wildman–Crippen MR) is 109 cm³/mol. The Morgan fingerprint density at radius 1 is 0.821 bits per heavy atom. The van der Waals surface area contributed by atoms with E-state index in [0.29, 0.717) is 29.2 Å². The van der Waals surface area contributed by atoms with E-state index in [4.69, 9.17) is 9.47 Å². The number of carbonyl (C=O) groups excluding carboxylic acids is 2. The molecule has 0 fully saturated rings. The van der Waals surface area contributed by atoms with Gasteiger partial charge in [0.1, 0.15) is 11.5 Å². The molecule has 0 bridgehead atoms. The van der Waals surface area contributed by atoms with Gasteiger partial charge in [0.15, 0.2) is 0 Å². The minimum Gasteiger partial charge on any atom is -0.496 e. The Bertz CT molecular complexity index is 842. The second-order valence-corrected chi connectivity index (χ2v) is 7.21. The van der Waals surface area contributed by atoms with Gasteiger partial charge in [-0.05, 0) is 52.0 Å². The summed E-state index contributed by atoms with van der Waals surface area (Å²) in [4.78, 5) is 26.8. The van der Waals surface area contributed by atoms with Crippen molar-refractivity contribution >= 4 is 11.8 Å². The number of benzene rings is 2. The lowest BCUT2D eigenvalue weighted by Crippen LogP contribution is -2.58. The molecule has 0 aliphatic rings. The average Bonchev–Trinajstić information content (AvgIpc) is 2.69. The predicted octanol–water partition coefficient (Wildman–Crippen LogP) is 4.02. The molecule has 0 aliphatic heterocycles.